The predicted octanol–water partition coefficient (Wildman–Crippen LogP) is 6.72. The lowest BCUT2D eigenvalue weighted by Gasteiger charge is -2.50. The van der Waals surface area contributed by atoms with Crippen molar-refractivity contribution in [1.82, 2.24) is 28.8 Å². The first-order valence-electron chi connectivity index (χ1n) is 16.7. The number of benzene rings is 1. The number of halogens is 1. The van der Waals surface area contributed by atoms with Crippen LogP contribution in [0.25, 0.3) is 33.1 Å². The first-order valence-corrected chi connectivity index (χ1v) is 20.8. The summed E-state index contributed by atoms with van der Waals surface area (Å²) in [5.41, 5.74) is 2.15. The number of hydrogen-bond donors (Lipinski definition) is 0. The van der Waals surface area contributed by atoms with Crippen LogP contribution < -0.4 is 10.5 Å². The summed E-state index contributed by atoms with van der Waals surface area (Å²) in [6.45, 7) is 17.4. The maximum atomic E-state index is 14.4. The Kier molecular flexibility index (Phi) is 8.99. The molecule has 0 N–H and O–H groups in total. The van der Waals surface area contributed by atoms with Crippen LogP contribution in [0.5, 0.6) is 0 Å². The molecule has 11 nitrogen and oxygen atoms in total. The number of fused-ring (bicyclic) bond motifs is 4. The molecule has 2 unspecified atom stereocenters. The summed E-state index contributed by atoms with van der Waals surface area (Å²) >= 11 is 7.05. The van der Waals surface area contributed by atoms with E-state index in [0.29, 0.717) is 41.7 Å². The van der Waals surface area contributed by atoms with E-state index >= 15 is 0 Å². The molecule has 0 saturated carbocycles. The summed E-state index contributed by atoms with van der Waals surface area (Å²) in [7, 11) is 0.502. The molecule has 1 amide bonds. The number of rotatable bonds is 8. The van der Waals surface area contributed by atoms with Crippen LogP contribution in [0.1, 0.15) is 47.0 Å². The topological polar surface area (TPSA) is 99.6 Å². The summed E-state index contributed by atoms with van der Waals surface area (Å²) < 4.78 is 17.4. The lowest BCUT2D eigenvalue weighted by Crippen LogP contribution is -2.63. The van der Waals surface area contributed by atoms with Crippen LogP contribution in [-0.4, -0.2) is 80.3 Å². The lowest BCUT2D eigenvalue weighted by molar-refractivity contribution is 0.0153. The molecule has 6 rings (SSSR count). The SMILES string of the molecule is CCn1cc2c(Cl)c(-c3cn(COCC[Si](C)(C)C)c4nc(N5C6CCCC5CN(C(=O)OC(C)(C)C)C6)n(C)c(=O)c34)ccc2n1. The van der Waals surface area contributed by atoms with Crippen molar-refractivity contribution in [3.05, 3.63) is 39.9 Å². The molecule has 5 heterocycles. The van der Waals surface area contributed by atoms with E-state index in [4.69, 9.17) is 26.1 Å². The maximum Gasteiger partial charge on any atom is 0.410 e. The molecule has 0 radical (unpaired) electrons. The number of amides is 1. The predicted molar refractivity (Wildman–Crippen MR) is 190 cm³/mol. The van der Waals surface area contributed by atoms with Gasteiger partial charge in [-0.3, -0.25) is 14.0 Å². The number of likely N-dealkylation sites (tertiary alicyclic amines) is 1. The second-order valence-corrected chi connectivity index (χ2v) is 21.2. The average Bonchev–Trinajstić information content (AvgIpc) is 3.57. The summed E-state index contributed by atoms with van der Waals surface area (Å²) in [6.07, 6.45) is 6.47. The summed E-state index contributed by atoms with van der Waals surface area (Å²) in [5, 5.41) is 6.52. The molecular formula is C34H48ClN7O4Si. The molecule has 0 spiro atoms. The number of aryl methyl sites for hydroxylation is 1. The van der Waals surface area contributed by atoms with E-state index in [0.717, 1.165) is 53.9 Å². The second kappa shape index (κ2) is 12.6. The third-order valence-electron chi connectivity index (χ3n) is 9.19. The fraction of sp³-hybridized carbons (Fsp3) is 0.588. The fourth-order valence-electron chi connectivity index (χ4n) is 6.77. The number of carbonyl (C=O) groups excluding carboxylic acids is 1. The van der Waals surface area contributed by atoms with Crippen LogP contribution in [0, 0.1) is 0 Å². The Bertz CT molecular complexity index is 1850. The third kappa shape index (κ3) is 6.69. The van der Waals surface area contributed by atoms with Crippen LogP contribution in [-0.2, 0) is 29.8 Å². The summed E-state index contributed by atoms with van der Waals surface area (Å²) in [5.74, 6) is 0.611. The number of nitrogens with zero attached hydrogens (tertiary/aromatic N) is 7. The Balaban J connectivity index is 1.43. The Morgan fingerprint density at radius 3 is 2.43 bits per heavy atom. The minimum absolute atomic E-state index is 0.0217. The van der Waals surface area contributed by atoms with E-state index in [-0.39, 0.29) is 30.5 Å². The van der Waals surface area contributed by atoms with Gasteiger partial charge in [-0.05, 0) is 59.1 Å². The molecule has 2 fully saturated rings. The third-order valence-corrected chi connectivity index (χ3v) is 11.3. The largest absolute Gasteiger partial charge is 0.444 e. The fourth-order valence-corrected chi connectivity index (χ4v) is 7.84. The van der Waals surface area contributed by atoms with Gasteiger partial charge in [0.25, 0.3) is 5.56 Å². The lowest BCUT2D eigenvalue weighted by atomic mass is 9.91. The molecule has 254 valence electrons. The molecule has 3 aromatic heterocycles. The highest BCUT2D eigenvalue weighted by Crippen LogP contribution is 2.39. The van der Waals surface area contributed by atoms with Crippen molar-refractivity contribution < 1.29 is 14.3 Å². The number of piperazine rings is 1. The molecule has 0 aliphatic carbocycles. The Hall–Kier alpha value is -3.35. The molecule has 2 atom stereocenters. The van der Waals surface area contributed by atoms with E-state index in [9.17, 15) is 9.59 Å². The quantitative estimate of drug-likeness (QED) is 0.150. The van der Waals surface area contributed by atoms with Crippen LogP contribution in [0.15, 0.2) is 29.3 Å². The number of aromatic nitrogens is 5. The van der Waals surface area contributed by atoms with Crippen LogP contribution >= 0.6 is 11.6 Å². The standard InChI is InChI=1S/C34H48ClN7O4Si/c1-9-41-20-26-27(37-41)14-13-24(29(26)35)25-19-40(21-45-15-16-47(6,7)8)30-28(25)31(43)38(5)32(36-30)42-22-11-10-12-23(42)18-39(17-22)33(44)46-34(2,3)4/h13-14,19-20,22-23H,9-12,15-18,21H2,1-8H3. The van der Waals surface area contributed by atoms with Gasteiger partial charge in [0.2, 0.25) is 5.95 Å². The number of carbonyl (C=O) groups is 1. The minimum atomic E-state index is -1.29. The monoisotopic (exact) mass is 681 g/mol. The van der Waals surface area contributed by atoms with Crippen molar-refractivity contribution in [2.75, 3.05) is 24.6 Å². The van der Waals surface area contributed by atoms with Crippen molar-refractivity contribution in [1.29, 1.82) is 0 Å². The van der Waals surface area contributed by atoms with E-state index in [1.165, 1.54) is 0 Å². The summed E-state index contributed by atoms with van der Waals surface area (Å²) in [4.78, 5) is 36.8. The Labute approximate surface area is 282 Å². The molecule has 2 saturated heterocycles. The van der Waals surface area contributed by atoms with Crippen molar-refractivity contribution >= 4 is 53.7 Å². The molecule has 4 aromatic rings. The van der Waals surface area contributed by atoms with Gasteiger partial charge in [-0.25, -0.2) is 4.79 Å². The van der Waals surface area contributed by atoms with Gasteiger partial charge in [0, 0.05) is 82.4 Å². The second-order valence-electron chi connectivity index (χ2n) is 15.2. The number of anilines is 1. The Morgan fingerprint density at radius 2 is 1.79 bits per heavy atom. The Morgan fingerprint density at radius 1 is 1.09 bits per heavy atom. The maximum absolute atomic E-state index is 14.4. The van der Waals surface area contributed by atoms with Gasteiger partial charge >= 0.3 is 6.09 Å². The molecule has 47 heavy (non-hydrogen) atoms. The van der Waals surface area contributed by atoms with Gasteiger partial charge < -0.3 is 23.8 Å². The summed E-state index contributed by atoms with van der Waals surface area (Å²) in [6, 6.07) is 4.97. The molecular weight excluding hydrogens is 634 g/mol. The van der Waals surface area contributed by atoms with Crippen molar-refractivity contribution in [3.63, 3.8) is 0 Å². The first-order chi connectivity index (χ1) is 22.1. The van der Waals surface area contributed by atoms with Crippen molar-refractivity contribution in [3.8, 4) is 11.1 Å². The normalized spacial score (nSPS) is 18.8. The van der Waals surface area contributed by atoms with Gasteiger partial charge in [-0.2, -0.15) is 10.1 Å². The highest BCUT2D eigenvalue weighted by Gasteiger charge is 2.42. The molecule has 1 aromatic carbocycles. The van der Waals surface area contributed by atoms with Gasteiger partial charge in [0.15, 0.2) is 5.65 Å². The zero-order valence-corrected chi connectivity index (χ0v) is 30.7. The van der Waals surface area contributed by atoms with E-state index in [1.54, 1.807) is 11.6 Å². The minimum Gasteiger partial charge on any atom is -0.444 e. The van der Waals surface area contributed by atoms with Gasteiger partial charge in [-0.1, -0.05) is 37.3 Å². The number of piperidine rings is 1. The van der Waals surface area contributed by atoms with Crippen molar-refractivity contribution in [2.24, 2.45) is 7.05 Å². The average molecular weight is 682 g/mol. The van der Waals surface area contributed by atoms with Gasteiger partial charge in [-0.15, -0.1) is 0 Å². The van der Waals surface area contributed by atoms with Crippen LogP contribution in [0.2, 0.25) is 30.7 Å². The van der Waals surface area contributed by atoms with E-state index in [2.05, 4.69) is 29.6 Å². The molecule has 2 aliphatic rings. The van der Waals surface area contributed by atoms with Crippen molar-refractivity contribution in [2.45, 2.75) is 104 Å². The van der Waals surface area contributed by atoms with Crippen LogP contribution in [0.3, 0.4) is 0 Å². The highest BCUT2D eigenvalue weighted by atomic mass is 35.5. The first kappa shape index (κ1) is 33.5. The highest BCUT2D eigenvalue weighted by molar-refractivity contribution is 6.76. The molecule has 2 bridgehead atoms. The number of hydrogen-bond acceptors (Lipinski definition) is 7. The van der Waals surface area contributed by atoms with Crippen LogP contribution in [0.4, 0.5) is 10.7 Å². The molecule has 2 aliphatic heterocycles. The zero-order chi connectivity index (χ0) is 33.8. The van der Waals surface area contributed by atoms with Gasteiger partial charge in [0.05, 0.1) is 15.9 Å². The zero-order valence-electron chi connectivity index (χ0n) is 29.0. The smallest absolute Gasteiger partial charge is 0.410 e. The van der Waals surface area contributed by atoms with E-state index in [1.807, 2.05) is 66.4 Å². The van der Waals surface area contributed by atoms with Gasteiger partial charge in [0.1, 0.15) is 12.3 Å². The molecule has 13 heteroatoms. The van der Waals surface area contributed by atoms with E-state index < -0.39 is 13.7 Å². The number of ether oxygens (including phenoxy) is 2.